The van der Waals surface area contributed by atoms with E-state index >= 15 is 0 Å². The molecule has 1 N–H and O–H groups in total. The summed E-state index contributed by atoms with van der Waals surface area (Å²) in [4.78, 5) is 14.5. The summed E-state index contributed by atoms with van der Waals surface area (Å²) in [6.45, 7) is -0.210. The smallest absolute Gasteiger partial charge is 0.358 e. The summed E-state index contributed by atoms with van der Waals surface area (Å²) in [5, 5.41) is 8.89. The molecule has 0 atom stereocenters. The normalized spacial score (nSPS) is 10.2. The number of carboxylic acids is 1. The van der Waals surface area contributed by atoms with Crippen LogP contribution in [-0.4, -0.2) is 16.1 Å². The van der Waals surface area contributed by atoms with Crippen molar-refractivity contribution in [2.24, 2.45) is 0 Å². The molecule has 0 aliphatic heterocycles. The van der Waals surface area contributed by atoms with E-state index in [1.165, 1.54) is 24.4 Å². The second-order valence-electron chi connectivity index (χ2n) is 3.68. The van der Waals surface area contributed by atoms with Crippen molar-refractivity contribution in [3.8, 4) is 5.75 Å². The summed E-state index contributed by atoms with van der Waals surface area (Å²) in [5.41, 5.74) is -0.133. The molecule has 0 amide bonds. The lowest BCUT2D eigenvalue weighted by Crippen LogP contribution is -2.06. The number of aromatic nitrogens is 1. The molecular weight excluding hydrogens is 256 g/mol. The van der Waals surface area contributed by atoms with Crippen LogP contribution in [0.1, 0.15) is 16.1 Å². The fourth-order valence-corrected chi connectivity index (χ4v) is 1.46. The molecule has 4 nitrogen and oxygen atoms in total. The van der Waals surface area contributed by atoms with E-state index in [9.17, 15) is 13.6 Å². The Bertz CT molecular complexity index is 617. The molecule has 2 aromatic rings. The zero-order valence-corrected chi connectivity index (χ0v) is 9.64. The van der Waals surface area contributed by atoms with Gasteiger partial charge in [-0.05, 0) is 24.3 Å². The third kappa shape index (κ3) is 3.04. The van der Waals surface area contributed by atoms with E-state index in [0.717, 1.165) is 12.1 Å². The third-order valence-electron chi connectivity index (χ3n) is 2.37. The van der Waals surface area contributed by atoms with Gasteiger partial charge in [0, 0.05) is 17.8 Å². The molecule has 0 spiro atoms. The van der Waals surface area contributed by atoms with Crippen LogP contribution in [0.2, 0.25) is 0 Å². The van der Waals surface area contributed by atoms with E-state index in [1.807, 2.05) is 0 Å². The van der Waals surface area contributed by atoms with Crippen molar-refractivity contribution in [1.82, 2.24) is 4.98 Å². The lowest BCUT2D eigenvalue weighted by molar-refractivity contribution is 0.0685. The number of aromatic carboxylic acids is 1. The molecule has 0 unspecified atom stereocenters. The summed E-state index contributed by atoms with van der Waals surface area (Å²) in [6.07, 6.45) is 1.31. The summed E-state index contributed by atoms with van der Waals surface area (Å²) in [5.74, 6) is -2.65. The first-order valence-electron chi connectivity index (χ1n) is 5.33. The highest BCUT2D eigenvalue weighted by atomic mass is 19.1. The maximum absolute atomic E-state index is 13.4. The second-order valence-corrected chi connectivity index (χ2v) is 3.68. The molecule has 0 saturated heterocycles. The van der Waals surface area contributed by atoms with E-state index < -0.39 is 17.6 Å². The van der Waals surface area contributed by atoms with Gasteiger partial charge in [-0.1, -0.05) is 0 Å². The topological polar surface area (TPSA) is 59.4 Å². The van der Waals surface area contributed by atoms with Crippen LogP contribution in [0.3, 0.4) is 0 Å². The fourth-order valence-electron chi connectivity index (χ4n) is 1.46. The molecule has 0 aliphatic rings. The molecule has 0 bridgehead atoms. The predicted octanol–water partition coefficient (Wildman–Crippen LogP) is 2.64. The molecular formula is C13H9F2NO3. The highest BCUT2D eigenvalue weighted by Gasteiger charge is 2.13. The van der Waals surface area contributed by atoms with Crippen LogP contribution in [0.5, 0.6) is 5.75 Å². The first-order chi connectivity index (χ1) is 9.08. The Balaban J connectivity index is 2.17. The van der Waals surface area contributed by atoms with Crippen molar-refractivity contribution in [3.63, 3.8) is 0 Å². The van der Waals surface area contributed by atoms with Gasteiger partial charge < -0.3 is 9.84 Å². The van der Waals surface area contributed by atoms with E-state index in [-0.39, 0.29) is 23.6 Å². The zero-order valence-electron chi connectivity index (χ0n) is 9.64. The lowest BCUT2D eigenvalue weighted by Gasteiger charge is -2.08. The summed E-state index contributed by atoms with van der Waals surface area (Å²) in [6, 6.07) is 5.99. The highest BCUT2D eigenvalue weighted by Crippen LogP contribution is 2.18. The second kappa shape index (κ2) is 5.43. The minimum absolute atomic E-state index is 0.0266. The first kappa shape index (κ1) is 12.9. The molecule has 0 radical (unpaired) electrons. The number of halogens is 2. The SMILES string of the molecule is O=C(O)c1ncccc1OCc1ccc(F)cc1F. The molecule has 2 rings (SSSR count). The van der Waals surface area contributed by atoms with E-state index in [4.69, 9.17) is 9.84 Å². The molecule has 1 aromatic carbocycles. The Morgan fingerprint density at radius 3 is 2.79 bits per heavy atom. The highest BCUT2D eigenvalue weighted by molar-refractivity contribution is 5.88. The van der Waals surface area contributed by atoms with Gasteiger partial charge >= 0.3 is 5.97 Å². The average Bonchev–Trinajstić information content (AvgIpc) is 2.38. The summed E-state index contributed by atoms with van der Waals surface area (Å²) < 4.78 is 31.3. The first-order valence-corrected chi connectivity index (χ1v) is 5.33. The number of carboxylic acid groups (broad SMARTS) is 1. The van der Waals surface area contributed by atoms with Crippen LogP contribution in [-0.2, 0) is 6.61 Å². The van der Waals surface area contributed by atoms with Gasteiger partial charge in [-0.2, -0.15) is 0 Å². The molecule has 0 saturated carbocycles. The lowest BCUT2D eigenvalue weighted by atomic mass is 10.2. The largest absolute Gasteiger partial charge is 0.486 e. The summed E-state index contributed by atoms with van der Waals surface area (Å²) in [7, 11) is 0. The average molecular weight is 265 g/mol. The maximum Gasteiger partial charge on any atom is 0.358 e. The van der Waals surface area contributed by atoms with Crippen molar-refractivity contribution in [1.29, 1.82) is 0 Å². The molecule has 19 heavy (non-hydrogen) atoms. The van der Waals surface area contributed by atoms with Gasteiger partial charge in [0.05, 0.1) is 0 Å². The number of nitrogens with zero attached hydrogens (tertiary/aromatic N) is 1. The van der Waals surface area contributed by atoms with Gasteiger partial charge in [-0.15, -0.1) is 0 Å². The number of carbonyl (C=O) groups is 1. The van der Waals surface area contributed by atoms with Crippen molar-refractivity contribution >= 4 is 5.97 Å². The number of hydrogen-bond donors (Lipinski definition) is 1. The Morgan fingerprint density at radius 1 is 1.32 bits per heavy atom. The van der Waals surface area contributed by atoms with Crippen molar-refractivity contribution in [2.75, 3.05) is 0 Å². The number of pyridine rings is 1. The van der Waals surface area contributed by atoms with Crippen molar-refractivity contribution in [3.05, 3.63) is 59.4 Å². The van der Waals surface area contributed by atoms with E-state index in [2.05, 4.69) is 4.98 Å². The van der Waals surface area contributed by atoms with Crippen LogP contribution in [0, 0.1) is 11.6 Å². The quantitative estimate of drug-likeness (QED) is 0.923. The Hall–Kier alpha value is -2.50. The Labute approximate surface area is 107 Å². The standard InChI is InChI=1S/C13H9F2NO3/c14-9-4-3-8(10(15)6-9)7-19-11-2-1-5-16-12(11)13(17)18/h1-6H,7H2,(H,17,18). The number of hydrogen-bond acceptors (Lipinski definition) is 3. The maximum atomic E-state index is 13.4. The van der Waals surface area contributed by atoms with Gasteiger partial charge in [-0.3, -0.25) is 0 Å². The number of ether oxygens (including phenoxy) is 1. The molecule has 0 aliphatic carbocycles. The Kier molecular flexibility index (Phi) is 3.70. The van der Waals surface area contributed by atoms with Gasteiger partial charge in [0.25, 0.3) is 0 Å². The predicted molar refractivity (Wildman–Crippen MR) is 61.9 cm³/mol. The van der Waals surface area contributed by atoms with Crippen molar-refractivity contribution < 1.29 is 23.4 Å². The van der Waals surface area contributed by atoms with Gasteiger partial charge in [0.15, 0.2) is 11.4 Å². The van der Waals surface area contributed by atoms with Crippen LogP contribution in [0.4, 0.5) is 8.78 Å². The Morgan fingerprint density at radius 2 is 2.11 bits per heavy atom. The van der Waals surface area contributed by atoms with Gasteiger partial charge in [-0.25, -0.2) is 18.6 Å². The van der Waals surface area contributed by atoms with Crippen LogP contribution < -0.4 is 4.74 Å². The monoisotopic (exact) mass is 265 g/mol. The zero-order chi connectivity index (χ0) is 13.8. The molecule has 1 aromatic heterocycles. The molecule has 98 valence electrons. The minimum atomic E-state index is -1.24. The van der Waals surface area contributed by atoms with E-state index in [0.29, 0.717) is 0 Å². The number of rotatable bonds is 4. The molecule has 0 fully saturated rings. The van der Waals surface area contributed by atoms with Gasteiger partial charge in [0.2, 0.25) is 0 Å². The molecule has 1 heterocycles. The number of benzene rings is 1. The minimum Gasteiger partial charge on any atom is -0.486 e. The van der Waals surface area contributed by atoms with Crippen LogP contribution >= 0.6 is 0 Å². The molecule has 6 heteroatoms. The van der Waals surface area contributed by atoms with Crippen LogP contribution in [0.15, 0.2) is 36.5 Å². The fraction of sp³-hybridized carbons (Fsp3) is 0.0769. The van der Waals surface area contributed by atoms with Crippen molar-refractivity contribution in [2.45, 2.75) is 6.61 Å². The van der Waals surface area contributed by atoms with E-state index in [1.54, 1.807) is 0 Å². The summed E-state index contributed by atoms with van der Waals surface area (Å²) >= 11 is 0. The third-order valence-corrected chi connectivity index (χ3v) is 2.37. The van der Waals surface area contributed by atoms with Crippen LogP contribution in [0.25, 0.3) is 0 Å². The van der Waals surface area contributed by atoms with Gasteiger partial charge in [0.1, 0.15) is 18.2 Å².